The average molecular weight is 338 g/mol. The van der Waals surface area contributed by atoms with Crippen molar-refractivity contribution in [2.45, 2.75) is 32.7 Å². The van der Waals surface area contributed by atoms with Crippen LogP contribution in [0.1, 0.15) is 37.0 Å². The number of carbonyl (C=O) groups excluding carboxylic acids is 2. The van der Waals surface area contributed by atoms with Gasteiger partial charge < -0.3 is 9.80 Å². The number of halogens is 1. The van der Waals surface area contributed by atoms with E-state index in [2.05, 4.69) is 0 Å². The Morgan fingerprint density at radius 3 is 2.61 bits per heavy atom. The summed E-state index contributed by atoms with van der Waals surface area (Å²) in [6, 6.07) is 5.19. The molecule has 1 unspecified atom stereocenters. The van der Waals surface area contributed by atoms with Crippen LogP contribution in [0.3, 0.4) is 0 Å². The van der Waals surface area contributed by atoms with E-state index in [1.54, 1.807) is 22.7 Å². The molecule has 2 amide bonds. The Hall–Kier alpha value is -1.56. The highest BCUT2D eigenvalue weighted by Gasteiger charge is 2.37. The molecule has 0 radical (unpaired) electrons. The largest absolute Gasteiger partial charge is 0.341 e. The monoisotopic (exact) mass is 338 g/mol. The molecule has 1 fully saturated rings. The normalized spacial score (nSPS) is 17.3. The second kappa shape index (κ2) is 8.34. The Labute approximate surface area is 141 Å². The topological polar surface area (TPSA) is 40.6 Å². The van der Waals surface area contributed by atoms with Crippen LogP contribution in [-0.4, -0.2) is 52.4 Å². The van der Waals surface area contributed by atoms with Gasteiger partial charge in [-0.2, -0.15) is 0 Å². The van der Waals surface area contributed by atoms with E-state index >= 15 is 0 Å². The zero-order chi connectivity index (χ0) is 16.8. The van der Waals surface area contributed by atoms with E-state index in [0.717, 1.165) is 12.8 Å². The Balaban J connectivity index is 2.15. The van der Waals surface area contributed by atoms with Crippen molar-refractivity contribution in [3.8, 4) is 0 Å². The lowest BCUT2D eigenvalue weighted by atomic mass is 10.1. The standard InChI is InChI=1S/C17H23FN2O2S/c1-3-8-19(9-4-2)17(22)15-11-23-12-20(15)16(21)13-6-5-7-14(18)10-13/h5-7,10,15H,3-4,8-9,11-12H2,1-2H3. The Morgan fingerprint density at radius 1 is 1.30 bits per heavy atom. The van der Waals surface area contributed by atoms with Crippen molar-refractivity contribution in [2.24, 2.45) is 0 Å². The lowest BCUT2D eigenvalue weighted by Gasteiger charge is -2.29. The number of benzene rings is 1. The molecule has 1 aromatic carbocycles. The molecule has 1 saturated heterocycles. The van der Waals surface area contributed by atoms with Crippen molar-refractivity contribution in [3.63, 3.8) is 0 Å². The van der Waals surface area contributed by atoms with Gasteiger partial charge in [-0.3, -0.25) is 9.59 Å². The minimum absolute atomic E-state index is 0.00320. The van der Waals surface area contributed by atoms with E-state index in [4.69, 9.17) is 0 Å². The molecule has 0 aliphatic carbocycles. The van der Waals surface area contributed by atoms with Gasteiger partial charge in [0.2, 0.25) is 5.91 Å². The highest BCUT2D eigenvalue weighted by molar-refractivity contribution is 7.99. The van der Waals surface area contributed by atoms with Crippen molar-refractivity contribution in [2.75, 3.05) is 24.7 Å². The number of hydrogen-bond donors (Lipinski definition) is 0. The number of rotatable bonds is 6. The smallest absolute Gasteiger partial charge is 0.255 e. The van der Waals surface area contributed by atoms with Gasteiger partial charge in [-0.15, -0.1) is 11.8 Å². The van der Waals surface area contributed by atoms with Crippen LogP contribution in [0.2, 0.25) is 0 Å². The zero-order valence-corrected chi connectivity index (χ0v) is 14.4. The number of amides is 2. The summed E-state index contributed by atoms with van der Waals surface area (Å²) in [5, 5.41) is 0. The van der Waals surface area contributed by atoms with Gasteiger partial charge in [0.05, 0.1) is 5.88 Å². The lowest BCUT2D eigenvalue weighted by molar-refractivity contribution is -0.135. The van der Waals surface area contributed by atoms with Gasteiger partial charge in [0.25, 0.3) is 5.91 Å². The Morgan fingerprint density at radius 2 is 2.00 bits per heavy atom. The van der Waals surface area contributed by atoms with Gasteiger partial charge in [-0.1, -0.05) is 19.9 Å². The predicted molar refractivity (Wildman–Crippen MR) is 90.8 cm³/mol. The first-order valence-electron chi connectivity index (χ1n) is 8.01. The van der Waals surface area contributed by atoms with Crippen LogP contribution in [0.15, 0.2) is 24.3 Å². The molecule has 1 aliphatic rings. The molecule has 126 valence electrons. The second-order valence-electron chi connectivity index (χ2n) is 5.63. The molecule has 2 rings (SSSR count). The Kier molecular flexibility index (Phi) is 6.45. The molecular weight excluding hydrogens is 315 g/mol. The summed E-state index contributed by atoms with van der Waals surface area (Å²) >= 11 is 1.56. The van der Waals surface area contributed by atoms with Gasteiger partial charge >= 0.3 is 0 Å². The molecule has 0 N–H and O–H groups in total. The number of thioether (sulfide) groups is 1. The van der Waals surface area contributed by atoms with Gasteiger partial charge in [0.15, 0.2) is 0 Å². The van der Waals surface area contributed by atoms with E-state index in [9.17, 15) is 14.0 Å². The van der Waals surface area contributed by atoms with Crippen molar-refractivity contribution in [3.05, 3.63) is 35.6 Å². The molecule has 1 heterocycles. The first-order chi connectivity index (χ1) is 11.1. The van der Waals surface area contributed by atoms with Gasteiger partial charge in [-0.25, -0.2) is 4.39 Å². The third-order valence-corrected chi connectivity index (χ3v) is 4.81. The average Bonchev–Trinajstić information content (AvgIpc) is 3.02. The van der Waals surface area contributed by atoms with Crippen LogP contribution in [0.25, 0.3) is 0 Å². The lowest BCUT2D eigenvalue weighted by Crippen LogP contribution is -2.49. The zero-order valence-electron chi connectivity index (χ0n) is 13.6. The fourth-order valence-electron chi connectivity index (χ4n) is 2.72. The molecule has 1 aromatic rings. The Bertz CT molecular complexity index is 561. The molecule has 0 spiro atoms. The SMILES string of the molecule is CCCN(CCC)C(=O)C1CSCN1C(=O)c1cccc(F)c1. The van der Waals surface area contributed by atoms with E-state index < -0.39 is 11.9 Å². The highest BCUT2D eigenvalue weighted by atomic mass is 32.2. The maximum Gasteiger partial charge on any atom is 0.255 e. The van der Waals surface area contributed by atoms with E-state index in [-0.39, 0.29) is 11.8 Å². The maximum atomic E-state index is 13.3. The van der Waals surface area contributed by atoms with Gasteiger partial charge in [0, 0.05) is 24.4 Å². The first-order valence-corrected chi connectivity index (χ1v) is 9.17. The summed E-state index contributed by atoms with van der Waals surface area (Å²) in [4.78, 5) is 28.8. The molecule has 0 aromatic heterocycles. The highest BCUT2D eigenvalue weighted by Crippen LogP contribution is 2.25. The van der Waals surface area contributed by atoms with Crippen molar-refractivity contribution in [1.82, 2.24) is 9.80 Å². The minimum Gasteiger partial charge on any atom is -0.341 e. The third-order valence-electron chi connectivity index (χ3n) is 3.80. The van der Waals surface area contributed by atoms with Crippen LogP contribution in [0.5, 0.6) is 0 Å². The fraction of sp³-hybridized carbons (Fsp3) is 0.529. The van der Waals surface area contributed by atoms with Crippen LogP contribution in [-0.2, 0) is 4.79 Å². The number of nitrogens with zero attached hydrogens (tertiary/aromatic N) is 2. The van der Waals surface area contributed by atoms with Gasteiger partial charge in [0.1, 0.15) is 11.9 Å². The maximum absolute atomic E-state index is 13.3. The predicted octanol–water partition coefficient (Wildman–Crippen LogP) is 2.99. The summed E-state index contributed by atoms with van der Waals surface area (Å²) in [6.07, 6.45) is 1.78. The van der Waals surface area contributed by atoms with Crippen molar-refractivity contribution in [1.29, 1.82) is 0 Å². The van der Waals surface area contributed by atoms with Crippen molar-refractivity contribution < 1.29 is 14.0 Å². The van der Waals surface area contributed by atoms with Crippen LogP contribution in [0, 0.1) is 5.82 Å². The second-order valence-corrected chi connectivity index (χ2v) is 6.63. The molecule has 0 bridgehead atoms. The summed E-state index contributed by atoms with van der Waals surface area (Å²) < 4.78 is 13.3. The van der Waals surface area contributed by atoms with E-state index in [1.165, 1.54) is 18.2 Å². The van der Waals surface area contributed by atoms with Crippen LogP contribution in [0.4, 0.5) is 4.39 Å². The van der Waals surface area contributed by atoms with E-state index in [0.29, 0.717) is 30.3 Å². The molecule has 0 saturated carbocycles. The summed E-state index contributed by atoms with van der Waals surface area (Å²) in [7, 11) is 0. The third kappa shape index (κ3) is 4.25. The molecular formula is C17H23FN2O2S. The van der Waals surface area contributed by atoms with E-state index in [1.807, 2.05) is 18.7 Å². The quantitative estimate of drug-likeness (QED) is 0.801. The summed E-state index contributed by atoms with van der Waals surface area (Å²) in [5.74, 6) is 0.357. The van der Waals surface area contributed by atoms with Gasteiger partial charge in [-0.05, 0) is 31.0 Å². The molecule has 1 atom stereocenters. The summed E-state index contributed by atoms with van der Waals surface area (Å²) in [6.45, 7) is 5.48. The minimum atomic E-state index is -0.450. The first kappa shape index (κ1) is 17.8. The fourth-order valence-corrected chi connectivity index (χ4v) is 3.86. The molecule has 4 nitrogen and oxygen atoms in total. The number of hydrogen-bond acceptors (Lipinski definition) is 3. The molecule has 1 aliphatic heterocycles. The molecule has 23 heavy (non-hydrogen) atoms. The summed E-state index contributed by atoms with van der Waals surface area (Å²) in [5.41, 5.74) is 0.294. The van der Waals surface area contributed by atoms with Crippen molar-refractivity contribution >= 4 is 23.6 Å². The number of carbonyl (C=O) groups is 2. The molecule has 6 heteroatoms. The van der Waals surface area contributed by atoms with Crippen LogP contribution < -0.4 is 0 Å². The van der Waals surface area contributed by atoms with Crippen LogP contribution >= 0.6 is 11.8 Å².